The second kappa shape index (κ2) is 6.78. The molecule has 1 saturated carbocycles. The van der Waals surface area contributed by atoms with Crippen molar-refractivity contribution in [3.63, 3.8) is 0 Å². The van der Waals surface area contributed by atoms with Gasteiger partial charge in [-0.05, 0) is 41.9 Å². The van der Waals surface area contributed by atoms with Crippen LogP contribution < -0.4 is 4.74 Å². The first kappa shape index (κ1) is 16.1. The lowest BCUT2D eigenvalue weighted by Gasteiger charge is -2.44. The molecule has 0 amide bonds. The van der Waals surface area contributed by atoms with E-state index in [2.05, 4.69) is 75.4 Å². The summed E-state index contributed by atoms with van der Waals surface area (Å²) < 4.78 is 6.45. The van der Waals surface area contributed by atoms with Crippen molar-refractivity contribution >= 4 is 0 Å². The van der Waals surface area contributed by atoms with Gasteiger partial charge in [0.05, 0.1) is 0 Å². The van der Waals surface area contributed by atoms with Gasteiger partial charge in [0.25, 0.3) is 0 Å². The molecule has 23 heavy (non-hydrogen) atoms. The first-order chi connectivity index (χ1) is 11.1. The average molecular weight is 308 g/mol. The van der Waals surface area contributed by atoms with Gasteiger partial charge in [0.15, 0.2) is 0 Å². The summed E-state index contributed by atoms with van der Waals surface area (Å²) in [5, 5.41) is 0. The van der Waals surface area contributed by atoms with Crippen LogP contribution in [0.2, 0.25) is 0 Å². The Balaban J connectivity index is 1.85. The number of ether oxygens (including phenoxy) is 1. The van der Waals surface area contributed by atoms with Crippen LogP contribution in [0.4, 0.5) is 0 Å². The van der Waals surface area contributed by atoms with Crippen LogP contribution in [0, 0.1) is 11.8 Å². The zero-order chi connectivity index (χ0) is 16.3. The van der Waals surface area contributed by atoms with E-state index in [1.54, 1.807) is 0 Å². The van der Waals surface area contributed by atoms with Gasteiger partial charge in [-0.15, -0.1) is 0 Å². The predicted octanol–water partition coefficient (Wildman–Crippen LogP) is 5.85. The first-order valence-electron chi connectivity index (χ1n) is 8.84. The molecule has 122 valence electrons. The average Bonchev–Trinajstić information content (AvgIpc) is 2.56. The Kier molecular flexibility index (Phi) is 4.75. The minimum absolute atomic E-state index is 0.126. The zero-order valence-electron chi connectivity index (χ0n) is 14.5. The van der Waals surface area contributed by atoms with Crippen molar-refractivity contribution < 1.29 is 4.74 Å². The Bertz CT molecular complexity index is 602. The summed E-state index contributed by atoms with van der Waals surface area (Å²) in [5.74, 6) is 2.29. The van der Waals surface area contributed by atoms with Crippen molar-refractivity contribution in [2.24, 2.45) is 11.8 Å². The van der Waals surface area contributed by atoms with Crippen molar-refractivity contribution in [1.82, 2.24) is 0 Å². The van der Waals surface area contributed by atoms with Crippen molar-refractivity contribution in [2.75, 3.05) is 0 Å². The zero-order valence-corrected chi connectivity index (χ0v) is 14.5. The summed E-state index contributed by atoms with van der Waals surface area (Å²) in [5.41, 5.74) is 1.54. The molecule has 0 unspecified atom stereocenters. The Morgan fingerprint density at radius 1 is 0.870 bits per heavy atom. The topological polar surface area (TPSA) is 9.23 Å². The van der Waals surface area contributed by atoms with Crippen LogP contribution in [0.25, 0.3) is 0 Å². The predicted molar refractivity (Wildman–Crippen MR) is 96.8 cm³/mol. The molecule has 0 bridgehead atoms. The van der Waals surface area contributed by atoms with Gasteiger partial charge in [-0.3, -0.25) is 0 Å². The molecule has 3 rings (SSSR count). The maximum Gasteiger partial charge on any atom is 0.119 e. The highest BCUT2D eigenvalue weighted by Crippen LogP contribution is 2.43. The fourth-order valence-electron chi connectivity index (χ4n) is 4.04. The molecule has 3 atom stereocenters. The van der Waals surface area contributed by atoms with Gasteiger partial charge in [-0.1, -0.05) is 75.7 Å². The molecular weight excluding hydrogens is 280 g/mol. The van der Waals surface area contributed by atoms with Crippen LogP contribution in [-0.4, -0.2) is 6.10 Å². The molecule has 1 aliphatic carbocycles. The van der Waals surface area contributed by atoms with Crippen LogP contribution in [-0.2, 0) is 5.41 Å². The van der Waals surface area contributed by atoms with Crippen molar-refractivity contribution in [3.05, 3.63) is 66.2 Å². The van der Waals surface area contributed by atoms with Gasteiger partial charge in [-0.25, -0.2) is 0 Å². The van der Waals surface area contributed by atoms with Crippen LogP contribution in [0.3, 0.4) is 0 Å². The summed E-state index contributed by atoms with van der Waals surface area (Å²) in [7, 11) is 0. The molecule has 1 heteroatoms. The molecule has 1 aliphatic rings. The first-order valence-corrected chi connectivity index (χ1v) is 8.84. The van der Waals surface area contributed by atoms with Gasteiger partial charge >= 0.3 is 0 Å². The molecule has 2 aromatic carbocycles. The maximum atomic E-state index is 6.45. The highest BCUT2D eigenvalue weighted by molar-refractivity contribution is 5.26. The van der Waals surface area contributed by atoms with Gasteiger partial charge in [0, 0.05) is 5.92 Å². The monoisotopic (exact) mass is 308 g/mol. The third-order valence-corrected chi connectivity index (χ3v) is 5.53. The summed E-state index contributed by atoms with van der Waals surface area (Å²) >= 11 is 0. The fourth-order valence-corrected chi connectivity index (χ4v) is 4.04. The maximum absolute atomic E-state index is 6.45. The summed E-state index contributed by atoms with van der Waals surface area (Å²) in [6.45, 7) is 7.11. The van der Waals surface area contributed by atoms with E-state index in [-0.39, 0.29) is 11.5 Å². The van der Waals surface area contributed by atoms with Gasteiger partial charge in [0.1, 0.15) is 11.9 Å². The Morgan fingerprint density at radius 2 is 1.48 bits per heavy atom. The third-order valence-electron chi connectivity index (χ3n) is 5.53. The van der Waals surface area contributed by atoms with Crippen LogP contribution in [0.5, 0.6) is 5.75 Å². The van der Waals surface area contributed by atoms with E-state index < -0.39 is 0 Å². The fraction of sp³-hybridized carbons (Fsp3) is 0.455. The van der Waals surface area contributed by atoms with Crippen molar-refractivity contribution in [3.8, 4) is 5.75 Å². The molecule has 0 aromatic heterocycles. The molecule has 1 fully saturated rings. The number of rotatable bonds is 4. The molecular formula is C22H28O. The van der Waals surface area contributed by atoms with Gasteiger partial charge < -0.3 is 4.74 Å². The largest absolute Gasteiger partial charge is 0.490 e. The Morgan fingerprint density at radius 3 is 2.13 bits per heavy atom. The van der Waals surface area contributed by atoms with E-state index in [1.807, 2.05) is 6.07 Å². The number of benzene rings is 2. The summed E-state index contributed by atoms with van der Waals surface area (Å²) in [6, 6.07) is 21.2. The highest BCUT2D eigenvalue weighted by Gasteiger charge is 2.41. The van der Waals surface area contributed by atoms with E-state index in [4.69, 9.17) is 4.74 Å². The van der Waals surface area contributed by atoms with Gasteiger partial charge in [0.2, 0.25) is 0 Å². The van der Waals surface area contributed by atoms with Crippen molar-refractivity contribution in [1.29, 1.82) is 0 Å². The second-order valence-corrected chi connectivity index (χ2v) is 7.58. The third kappa shape index (κ3) is 3.60. The Hall–Kier alpha value is -1.76. The standard InChI is InChI=1S/C22H28O/c1-17-14-15-20(22(2,3)18-10-6-4-7-11-18)21(16-17)23-19-12-8-5-9-13-19/h4-13,17,20-21H,14-16H2,1-3H3/t17-,20-,21-/m1/s1. The van der Waals surface area contributed by atoms with Gasteiger partial charge in [-0.2, -0.15) is 0 Å². The molecule has 0 radical (unpaired) electrons. The second-order valence-electron chi connectivity index (χ2n) is 7.58. The minimum atomic E-state index is 0.126. The number of hydrogen-bond donors (Lipinski definition) is 0. The van der Waals surface area contributed by atoms with E-state index in [0.29, 0.717) is 5.92 Å². The molecule has 2 aromatic rings. The molecule has 0 aliphatic heterocycles. The normalized spacial score (nSPS) is 25.1. The molecule has 0 spiro atoms. The highest BCUT2D eigenvalue weighted by atomic mass is 16.5. The number of hydrogen-bond acceptors (Lipinski definition) is 1. The minimum Gasteiger partial charge on any atom is -0.490 e. The van der Waals surface area contributed by atoms with Crippen molar-refractivity contribution in [2.45, 2.75) is 51.6 Å². The Labute approximate surface area is 140 Å². The molecule has 1 nitrogen and oxygen atoms in total. The van der Waals surface area contributed by atoms with Crippen LogP contribution in [0.1, 0.15) is 45.6 Å². The van der Waals surface area contributed by atoms with E-state index in [9.17, 15) is 0 Å². The van der Waals surface area contributed by atoms with Crippen LogP contribution >= 0.6 is 0 Å². The lowest BCUT2D eigenvalue weighted by atomic mass is 9.64. The molecule has 0 N–H and O–H groups in total. The summed E-state index contributed by atoms with van der Waals surface area (Å²) in [4.78, 5) is 0. The lowest BCUT2D eigenvalue weighted by Crippen LogP contribution is -2.44. The van der Waals surface area contributed by atoms with E-state index >= 15 is 0 Å². The van der Waals surface area contributed by atoms with Crippen LogP contribution in [0.15, 0.2) is 60.7 Å². The van der Waals surface area contributed by atoms with E-state index in [1.165, 1.54) is 18.4 Å². The smallest absolute Gasteiger partial charge is 0.119 e. The summed E-state index contributed by atoms with van der Waals surface area (Å²) in [6.07, 6.45) is 3.97. The lowest BCUT2D eigenvalue weighted by molar-refractivity contribution is 0.0327. The molecule has 0 saturated heterocycles. The van der Waals surface area contributed by atoms with E-state index in [0.717, 1.165) is 18.1 Å². The number of para-hydroxylation sites is 1. The molecule has 0 heterocycles. The quantitative estimate of drug-likeness (QED) is 0.688. The SMILES string of the molecule is C[C@@H]1CC[C@@H](C(C)(C)c2ccccc2)[C@H](Oc2ccccc2)C1.